The van der Waals surface area contributed by atoms with Crippen molar-refractivity contribution in [3.63, 3.8) is 0 Å². The first-order chi connectivity index (χ1) is 16.7. The van der Waals surface area contributed by atoms with Crippen molar-refractivity contribution in [3.8, 4) is 5.88 Å². The van der Waals surface area contributed by atoms with Gasteiger partial charge in [-0.25, -0.2) is 9.98 Å². The molecule has 1 atom stereocenters. The van der Waals surface area contributed by atoms with Gasteiger partial charge in [-0.15, -0.1) is 0 Å². The summed E-state index contributed by atoms with van der Waals surface area (Å²) in [5.74, 6) is 1.25. The summed E-state index contributed by atoms with van der Waals surface area (Å²) in [6, 6.07) is 9.23. The minimum Gasteiger partial charge on any atom is -0.445 e. The monoisotopic (exact) mass is 450 g/mol. The third-order valence-electron chi connectivity index (χ3n) is 5.44. The van der Waals surface area contributed by atoms with Crippen LogP contribution in [0.5, 0.6) is 5.88 Å². The van der Waals surface area contributed by atoms with Crippen molar-refractivity contribution in [1.82, 2.24) is 9.88 Å². The van der Waals surface area contributed by atoms with Crippen LogP contribution in [0.1, 0.15) is 5.56 Å². The summed E-state index contributed by atoms with van der Waals surface area (Å²) in [5, 5.41) is 1.00. The number of pyridine rings is 1. The molecule has 1 aromatic carbocycles. The highest BCUT2D eigenvalue weighted by molar-refractivity contribution is 5.83. The molecule has 2 N–H and O–H groups in total. The van der Waals surface area contributed by atoms with Gasteiger partial charge in [0.05, 0.1) is 12.1 Å². The Morgan fingerprint density at radius 2 is 2.00 bits per heavy atom. The Hall–Kier alpha value is -4.65. The molecule has 5 rings (SSSR count). The molecule has 2 aliphatic heterocycles. The van der Waals surface area contributed by atoms with Crippen molar-refractivity contribution < 1.29 is 14.3 Å². The van der Waals surface area contributed by atoms with E-state index < -0.39 is 11.9 Å². The number of amides is 1. The topological polar surface area (TPSA) is 90.0 Å². The smallest absolute Gasteiger partial charge is 0.244 e. The predicted octanol–water partition coefficient (Wildman–Crippen LogP) is 4.15. The van der Waals surface area contributed by atoms with E-state index in [-0.39, 0.29) is 0 Å². The largest absolute Gasteiger partial charge is 0.445 e. The summed E-state index contributed by atoms with van der Waals surface area (Å²) in [7, 11) is 0. The summed E-state index contributed by atoms with van der Waals surface area (Å²) < 4.78 is 11.8. The Labute approximate surface area is 196 Å². The van der Waals surface area contributed by atoms with E-state index in [1.165, 1.54) is 6.40 Å². The summed E-state index contributed by atoms with van der Waals surface area (Å²) in [6.45, 7) is 0.347. The van der Waals surface area contributed by atoms with E-state index in [1.807, 2.05) is 78.9 Å². The lowest BCUT2D eigenvalue weighted by Crippen LogP contribution is -2.37. The molecular weight excluding hydrogens is 428 g/mol. The van der Waals surface area contributed by atoms with Crippen molar-refractivity contribution in [2.75, 3.05) is 6.54 Å². The average Bonchev–Trinajstić information content (AvgIpc) is 3.45. The van der Waals surface area contributed by atoms with Crippen LogP contribution in [0, 0.1) is 0 Å². The first-order valence-corrected chi connectivity index (χ1v) is 10.8. The fraction of sp³-hybridized carbons (Fsp3) is 0.0741. The number of allylic oxidation sites excluding steroid dienone is 7. The number of carbonyl (C=O) groups is 1. The van der Waals surface area contributed by atoms with Crippen LogP contribution in [0.4, 0.5) is 0 Å². The van der Waals surface area contributed by atoms with Gasteiger partial charge in [0, 0.05) is 28.9 Å². The molecular formula is C27H22N4O3. The van der Waals surface area contributed by atoms with Crippen LogP contribution in [0.25, 0.3) is 17.0 Å². The molecule has 1 amide bonds. The third kappa shape index (κ3) is 4.59. The zero-order valence-electron chi connectivity index (χ0n) is 18.2. The van der Waals surface area contributed by atoms with Gasteiger partial charge in [-0.1, -0.05) is 54.7 Å². The van der Waals surface area contributed by atoms with Crippen LogP contribution < -0.4 is 10.5 Å². The van der Waals surface area contributed by atoms with E-state index in [0.29, 0.717) is 23.9 Å². The maximum Gasteiger partial charge on any atom is 0.244 e. The second-order valence-electron chi connectivity index (χ2n) is 7.76. The highest BCUT2D eigenvalue weighted by atomic mass is 16.5. The van der Waals surface area contributed by atoms with Gasteiger partial charge in [-0.3, -0.25) is 4.79 Å². The van der Waals surface area contributed by atoms with Crippen molar-refractivity contribution in [2.45, 2.75) is 6.04 Å². The van der Waals surface area contributed by atoms with Gasteiger partial charge in [-0.05, 0) is 30.4 Å². The number of benzene rings is 1. The highest BCUT2D eigenvalue weighted by Gasteiger charge is 2.28. The second kappa shape index (κ2) is 9.46. The molecule has 0 fully saturated rings. The van der Waals surface area contributed by atoms with Gasteiger partial charge in [0.25, 0.3) is 0 Å². The molecule has 0 radical (unpaired) electrons. The first-order valence-electron chi connectivity index (χ1n) is 10.8. The van der Waals surface area contributed by atoms with E-state index in [4.69, 9.17) is 20.2 Å². The lowest BCUT2D eigenvalue weighted by molar-refractivity contribution is -0.120. The molecule has 3 aliphatic rings. The van der Waals surface area contributed by atoms with Gasteiger partial charge >= 0.3 is 0 Å². The zero-order valence-corrected chi connectivity index (χ0v) is 18.2. The number of fused-ring (bicyclic) bond motifs is 5. The molecule has 0 spiro atoms. The molecule has 34 heavy (non-hydrogen) atoms. The number of nitrogens with two attached hydrogens (primary N) is 1. The van der Waals surface area contributed by atoms with E-state index >= 15 is 0 Å². The molecule has 7 heteroatoms. The molecule has 2 aromatic rings. The molecule has 1 aliphatic carbocycles. The normalized spacial score (nSPS) is 23.7. The number of rotatable bonds is 1. The zero-order chi connectivity index (χ0) is 23.3. The van der Waals surface area contributed by atoms with Crippen molar-refractivity contribution in [3.05, 3.63) is 114 Å². The van der Waals surface area contributed by atoms with E-state index in [1.54, 1.807) is 23.4 Å². The van der Waals surface area contributed by atoms with Crippen LogP contribution >= 0.6 is 0 Å². The SMILES string of the molecule is NC(=O)C1C=C2CN1/C=C\N=COC1=CC=C/C1=C/C=C\C=C/c1cc3ccccc3nc1O2. The second-order valence-corrected chi connectivity index (χ2v) is 7.76. The van der Waals surface area contributed by atoms with Gasteiger partial charge in [0.2, 0.25) is 11.8 Å². The molecule has 1 aromatic heterocycles. The number of nitrogens with zero attached hydrogens (tertiary/aromatic N) is 3. The molecule has 1 unspecified atom stereocenters. The number of ether oxygens (including phenoxy) is 2. The van der Waals surface area contributed by atoms with Crippen LogP contribution in [0.15, 0.2) is 113 Å². The Bertz CT molecular complexity index is 1380. The Morgan fingerprint density at radius 1 is 1.09 bits per heavy atom. The Balaban J connectivity index is 1.55. The standard InChI is InChI=1S/C27H22N4O3/c28-26(32)24-16-22-17-31(24)14-13-29-18-33-25-12-6-10-19(25)7-2-1-3-9-21-15-20-8-4-5-11-23(20)30-27(21)34-22/h1-16,18,24H,17H2,(H2,28,32)/b2-1-,9-3-,14-13-,19-7-,29-18?. The number of aliphatic imine (C=N–C) groups is 1. The molecule has 2 bridgehead atoms. The van der Waals surface area contributed by atoms with Gasteiger partial charge in [0.1, 0.15) is 17.6 Å². The summed E-state index contributed by atoms with van der Waals surface area (Å²) in [5.41, 5.74) is 8.18. The van der Waals surface area contributed by atoms with Crippen LogP contribution in [-0.4, -0.2) is 34.8 Å². The number of primary amides is 1. The van der Waals surface area contributed by atoms with Crippen LogP contribution in [0.2, 0.25) is 0 Å². The van der Waals surface area contributed by atoms with Crippen molar-refractivity contribution in [1.29, 1.82) is 0 Å². The quantitative estimate of drug-likeness (QED) is 0.705. The number of carbonyl (C=O) groups excluding carboxylic acids is 1. The minimum absolute atomic E-state index is 0.347. The number of hydrogen-bond acceptors (Lipinski definition) is 6. The number of para-hydroxylation sites is 1. The van der Waals surface area contributed by atoms with Crippen molar-refractivity contribution in [2.24, 2.45) is 10.7 Å². The fourth-order valence-corrected chi connectivity index (χ4v) is 3.79. The third-order valence-corrected chi connectivity index (χ3v) is 5.44. The van der Waals surface area contributed by atoms with E-state index in [9.17, 15) is 4.79 Å². The summed E-state index contributed by atoms with van der Waals surface area (Å²) >= 11 is 0. The fourth-order valence-electron chi connectivity index (χ4n) is 3.79. The minimum atomic E-state index is -0.650. The highest BCUT2D eigenvalue weighted by Crippen LogP contribution is 2.28. The van der Waals surface area contributed by atoms with E-state index in [0.717, 1.165) is 22.0 Å². The van der Waals surface area contributed by atoms with Crippen LogP contribution in [0.3, 0.4) is 0 Å². The van der Waals surface area contributed by atoms with Gasteiger partial charge in [0.15, 0.2) is 6.40 Å². The Morgan fingerprint density at radius 3 is 2.91 bits per heavy atom. The average molecular weight is 450 g/mol. The van der Waals surface area contributed by atoms with E-state index in [2.05, 4.69) is 4.99 Å². The predicted molar refractivity (Wildman–Crippen MR) is 132 cm³/mol. The molecule has 168 valence electrons. The maximum absolute atomic E-state index is 12.0. The lowest BCUT2D eigenvalue weighted by atomic mass is 10.1. The maximum atomic E-state index is 12.0. The first kappa shape index (κ1) is 21.2. The molecule has 3 heterocycles. The molecule has 0 saturated carbocycles. The summed E-state index contributed by atoms with van der Waals surface area (Å²) in [4.78, 5) is 22.6. The lowest BCUT2D eigenvalue weighted by Gasteiger charge is -2.19. The Kier molecular flexibility index (Phi) is 5.90. The van der Waals surface area contributed by atoms with Crippen LogP contribution in [-0.2, 0) is 9.53 Å². The number of aromatic nitrogens is 1. The van der Waals surface area contributed by atoms with Crippen molar-refractivity contribution >= 4 is 29.3 Å². The molecule has 7 nitrogen and oxygen atoms in total. The molecule has 0 saturated heterocycles. The van der Waals surface area contributed by atoms with Gasteiger partial charge in [-0.2, -0.15) is 0 Å². The van der Waals surface area contributed by atoms with Gasteiger partial charge < -0.3 is 20.1 Å². The summed E-state index contributed by atoms with van der Waals surface area (Å²) in [6.07, 6.45) is 21.7. The number of hydrogen-bond donors (Lipinski definition) is 1.